The van der Waals surface area contributed by atoms with E-state index in [2.05, 4.69) is 17.9 Å². The summed E-state index contributed by atoms with van der Waals surface area (Å²) >= 11 is 0. The number of nitro groups is 1. The van der Waals surface area contributed by atoms with Crippen molar-refractivity contribution < 1.29 is 9.72 Å². The van der Waals surface area contributed by atoms with Crippen LogP contribution in [0.1, 0.15) is 41.3 Å². The molecule has 1 heterocycles. The fraction of sp³-hybridized carbons (Fsp3) is 0.261. The Morgan fingerprint density at radius 3 is 2.29 bits per heavy atom. The minimum atomic E-state index is -0.388. The highest BCUT2D eigenvalue weighted by Gasteiger charge is 2.12. The smallest absolute Gasteiger partial charge is 0.269 e. The van der Waals surface area contributed by atoms with Crippen LogP contribution in [0.15, 0.2) is 66.4 Å². The van der Waals surface area contributed by atoms with Crippen LogP contribution >= 0.6 is 0 Å². The number of hydrogen-bond acceptors (Lipinski definition) is 4. The number of ketones is 1. The summed E-state index contributed by atoms with van der Waals surface area (Å²) in [5.74, 6) is 0.0230. The number of allylic oxidation sites excluding steroid dienone is 1. The zero-order valence-corrected chi connectivity index (χ0v) is 16.0. The first kappa shape index (κ1) is 19.5. The number of rotatable bonds is 6. The lowest BCUT2D eigenvalue weighted by atomic mass is 10.0. The molecule has 0 saturated carbocycles. The first-order valence-electron chi connectivity index (χ1n) is 9.54. The number of nitro benzene ring substituents is 1. The summed E-state index contributed by atoms with van der Waals surface area (Å²) < 4.78 is 0. The Bertz CT molecular complexity index is 886. The van der Waals surface area contributed by atoms with Gasteiger partial charge >= 0.3 is 0 Å². The number of piperidine rings is 1. The van der Waals surface area contributed by atoms with Gasteiger partial charge in [-0.3, -0.25) is 14.9 Å². The van der Waals surface area contributed by atoms with Gasteiger partial charge in [0.2, 0.25) is 0 Å². The lowest BCUT2D eigenvalue weighted by Gasteiger charge is -2.27. The molecule has 0 spiro atoms. The fourth-order valence-corrected chi connectivity index (χ4v) is 3.21. The Hall–Kier alpha value is -3.21. The second-order valence-electron chi connectivity index (χ2n) is 6.92. The van der Waals surface area contributed by atoms with Gasteiger partial charge in [-0.15, -0.1) is 0 Å². The first-order valence-corrected chi connectivity index (χ1v) is 9.54. The molecule has 0 N–H and O–H groups in total. The van der Waals surface area contributed by atoms with Crippen LogP contribution < -0.4 is 0 Å². The van der Waals surface area contributed by atoms with Gasteiger partial charge in [0.25, 0.3) is 5.69 Å². The Kier molecular flexibility index (Phi) is 6.37. The highest BCUT2D eigenvalue weighted by atomic mass is 16.6. The number of carbonyl (C=O) groups is 1. The van der Waals surface area contributed by atoms with Crippen LogP contribution in [0.4, 0.5) is 5.69 Å². The van der Waals surface area contributed by atoms with Gasteiger partial charge in [0.05, 0.1) is 4.92 Å². The molecule has 3 rings (SSSR count). The van der Waals surface area contributed by atoms with E-state index in [1.807, 2.05) is 30.5 Å². The molecule has 28 heavy (non-hydrogen) atoms. The SMILES string of the molecule is CCc1ccc(C(=O)/C=C/N2CCC(=Cc3ccc([N+](=O)[O-])cc3)CC2)cc1. The van der Waals surface area contributed by atoms with E-state index in [4.69, 9.17) is 0 Å². The van der Waals surface area contributed by atoms with Crippen molar-refractivity contribution in [3.8, 4) is 0 Å². The van der Waals surface area contributed by atoms with Gasteiger partial charge < -0.3 is 4.90 Å². The molecule has 0 aromatic heterocycles. The van der Waals surface area contributed by atoms with Crippen molar-refractivity contribution in [3.63, 3.8) is 0 Å². The van der Waals surface area contributed by atoms with Gasteiger partial charge in [-0.05, 0) is 42.5 Å². The van der Waals surface area contributed by atoms with E-state index in [1.54, 1.807) is 18.2 Å². The number of carbonyl (C=O) groups excluding carboxylic acids is 1. The van der Waals surface area contributed by atoms with E-state index in [9.17, 15) is 14.9 Å². The van der Waals surface area contributed by atoms with Gasteiger partial charge in [0.1, 0.15) is 0 Å². The molecule has 0 amide bonds. The number of likely N-dealkylation sites (tertiary alicyclic amines) is 1. The first-order chi connectivity index (χ1) is 13.5. The maximum Gasteiger partial charge on any atom is 0.269 e. The summed E-state index contributed by atoms with van der Waals surface area (Å²) in [5, 5.41) is 10.7. The molecule has 0 bridgehead atoms. The van der Waals surface area contributed by atoms with Crippen molar-refractivity contribution in [1.82, 2.24) is 4.90 Å². The molecule has 1 fully saturated rings. The number of aryl methyl sites for hydroxylation is 1. The Morgan fingerprint density at radius 2 is 1.71 bits per heavy atom. The third-order valence-electron chi connectivity index (χ3n) is 5.00. The zero-order valence-electron chi connectivity index (χ0n) is 16.0. The van der Waals surface area contributed by atoms with E-state index in [0.29, 0.717) is 5.56 Å². The molecule has 1 saturated heterocycles. The molecule has 5 heteroatoms. The fourth-order valence-electron chi connectivity index (χ4n) is 3.21. The Balaban J connectivity index is 1.53. The molecule has 0 aliphatic carbocycles. The van der Waals surface area contributed by atoms with E-state index in [-0.39, 0.29) is 16.4 Å². The molecule has 0 unspecified atom stereocenters. The summed E-state index contributed by atoms with van der Waals surface area (Å²) in [6.07, 6.45) is 8.44. The summed E-state index contributed by atoms with van der Waals surface area (Å²) in [6, 6.07) is 14.4. The quantitative estimate of drug-likeness (QED) is 0.307. The van der Waals surface area contributed by atoms with Gasteiger partial charge in [-0.25, -0.2) is 0 Å². The van der Waals surface area contributed by atoms with Crippen LogP contribution in [-0.4, -0.2) is 28.7 Å². The van der Waals surface area contributed by atoms with Gasteiger partial charge in [0.15, 0.2) is 5.78 Å². The van der Waals surface area contributed by atoms with Crippen molar-refractivity contribution in [2.24, 2.45) is 0 Å². The summed E-state index contributed by atoms with van der Waals surface area (Å²) in [4.78, 5) is 24.8. The normalized spacial score (nSPS) is 14.3. The minimum Gasteiger partial charge on any atom is -0.377 e. The largest absolute Gasteiger partial charge is 0.377 e. The monoisotopic (exact) mass is 376 g/mol. The van der Waals surface area contributed by atoms with Gasteiger partial charge in [-0.1, -0.05) is 42.8 Å². The molecule has 144 valence electrons. The highest BCUT2D eigenvalue weighted by molar-refractivity contribution is 6.04. The summed E-state index contributed by atoms with van der Waals surface area (Å²) in [7, 11) is 0. The predicted molar refractivity (Wildman–Crippen MR) is 111 cm³/mol. The molecular weight excluding hydrogens is 352 g/mol. The summed E-state index contributed by atoms with van der Waals surface area (Å²) in [6.45, 7) is 3.81. The average Bonchev–Trinajstić information content (AvgIpc) is 2.73. The Morgan fingerprint density at radius 1 is 1.07 bits per heavy atom. The predicted octanol–water partition coefficient (Wildman–Crippen LogP) is 5.03. The number of non-ortho nitro benzene ring substituents is 1. The van der Waals surface area contributed by atoms with Crippen LogP contribution in [0.2, 0.25) is 0 Å². The van der Waals surface area contributed by atoms with E-state index >= 15 is 0 Å². The molecule has 2 aromatic rings. The maximum atomic E-state index is 12.3. The van der Waals surface area contributed by atoms with E-state index < -0.39 is 0 Å². The van der Waals surface area contributed by atoms with Gasteiger partial charge in [0, 0.05) is 43.1 Å². The zero-order chi connectivity index (χ0) is 19.9. The lowest BCUT2D eigenvalue weighted by Crippen LogP contribution is -2.25. The molecule has 0 atom stereocenters. The highest BCUT2D eigenvalue weighted by Crippen LogP contribution is 2.21. The lowest BCUT2D eigenvalue weighted by molar-refractivity contribution is -0.384. The average molecular weight is 376 g/mol. The van der Waals surface area contributed by atoms with Crippen LogP contribution in [0.5, 0.6) is 0 Å². The minimum absolute atomic E-state index is 0.0230. The molecular formula is C23H24N2O3. The standard InChI is InChI=1S/C23H24N2O3/c1-2-18-3-7-21(8-4-18)23(26)13-16-24-14-11-20(12-15-24)17-19-5-9-22(10-6-19)25(27)28/h3-10,13,16-17H,2,11-12,14-15H2,1H3/b16-13+. The third-order valence-corrected chi connectivity index (χ3v) is 5.00. The number of nitrogens with zero attached hydrogens (tertiary/aromatic N) is 2. The van der Waals surface area contributed by atoms with Crippen LogP contribution in [-0.2, 0) is 6.42 Å². The van der Waals surface area contributed by atoms with Crippen molar-refractivity contribution in [3.05, 3.63) is 93.2 Å². The van der Waals surface area contributed by atoms with Crippen LogP contribution in [0.3, 0.4) is 0 Å². The van der Waals surface area contributed by atoms with Gasteiger partial charge in [-0.2, -0.15) is 0 Å². The molecule has 0 radical (unpaired) electrons. The Labute approximate surface area is 165 Å². The van der Waals surface area contributed by atoms with Crippen LogP contribution in [0.25, 0.3) is 6.08 Å². The second-order valence-corrected chi connectivity index (χ2v) is 6.92. The second kappa shape index (κ2) is 9.13. The van der Waals surface area contributed by atoms with E-state index in [1.165, 1.54) is 23.3 Å². The van der Waals surface area contributed by atoms with Crippen molar-refractivity contribution in [2.45, 2.75) is 26.2 Å². The van der Waals surface area contributed by atoms with Crippen LogP contribution in [0, 0.1) is 10.1 Å². The van der Waals surface area contributed by atoms with E-state index in [0.717, 1.165) is 37.9 Å². The third kappa shape index (κ3) is 5.16. The maximum absolute atomic E-state index is 12.3. The topological polar surface area (TPSA) is 63.5 Å². The van der Waals surface area contributed by atoms with Crippen molar-refractivity contribution in [1.29, 1.82) is 0 Å². The number of benzene rings is 2. The molecule has 1 aliphatic rings. The number of hydrogen-bond donors (Lipinski definition) is 0. The molecule has 5 nitrogen and oxygen atoms in total. The van der Waals surface area contributed by atoms with Crippen molar-refractivity contribution >= 4 is 17.5 Å². The van der Waals surface area contributed by atoms with Crippen molar-refractivity contribution in [2.75, 3.05) is 13.1 Å². The summed E-state index contributed by atoms with van der Waals surface area (Å²) in [5.41, 5.74) is 4.35. The molecule has 1 aliphatic heterocycles. The molecule has 2 aromatic carbocycles.